The fourth-order valence-corrected chi connectivity index (χ4v) is 4.86. The second-order valence-electron chi connectivity index (χ2n) is 6.50. The molecule has 0 saturated carbocycles. The number of rotatable bonds is 3. The molecule has 1 fully saturated rings. The molecule has 9 heteroatoms. The van der Waals surface area contributed by atoms with E-state index in [2.05, 4.69) is 9.97 Å². The molecule has 26 heavy (non-hydrogen) atoms. The van der Waals surface area contributed by atoms with E-state index < -0.39 is 10.0 Å². The monoisotopic (exact) mass is 373 g/mol. The van der Waals surface area contributed by atoms with Gasteiger partial charge in [0.2, 0.25) is 16.0 Å². The van der Waals surface area contributed by atoms with Crippen molar-refractivity contribution < 1.29 is 13.2 Å². The second kappa shape index (κ2) is 6.33. The third kappa shape index (κ3) is 2.93. The Kier molecular flexibility index (Phi) is 4.12. The van der Waals surface area contributed by atoms with Crippen molar-refractivity contribution in [1.82, 2.24) is 19.2 Å². The lowest BCUT2D eigenvalue weighted by molar-refractivity contribution is 0.0750. The normalized spacial score (nSPS) is 17.5. The van der Waals surface area contributed by atoms with Gasteiger partial charge in [-0.3, -0.25) is 4.79 Å². The minimum absolute atomic E-state index is 0.174. The van der Waals surface area contributed by atoms with E-state index in [4.69, 9.17) is 5.73 Å². The number of nitrogens with zero attached hydrogens (tertiary/aromatic N) is 4. The molecule has 2 aliphatic heterocycles. The Labute approximate surface area is 151 Å². The molecule has 8 nitrogen and oxygen atoms in total. The first-order valence-electron chi connectivity index (χ1n) is 8.45. The highest BCUT2D eigenvalue weighted by Gasteiger charge is 2.29. The summed E-state index contributed by atoms with van der Waals surface area (Å²) in [5.74, 6) is 0.0150. The number of hydrogen-bond donors (Lipinski definition) is 1. The minimum atomic E-state index is -3.47. The Balaban J connectivity index is 1.51. The van der Waals surface area contributed by atoms with Gasteiger partial charge in [0.15, 0.2) is 0 Å². The molecule has 3 heterocycles. The minimum Gasteiger partial charge on any atom is -0.368 e. The van der Waals surface area contributed by atoms with Gasteiger partial charge in [0, 0.05) is 37.0 Å². The van der Waals surface area contributed by atoms with Gasteiger partial charge in [-0.25, -0.2) is 18.4 Å². The molecule has 2 aromatic rings. The summed E-state index contributed by atoms with van der Waals surface area (Å²) in [7, 11) is -3.47. The molecule has 0 atom stereocenters. The first-order chi connectivity index (χ1) is 12.4. The molecule has 0 spiro atoms. The van der Waals surface area contributed by atoms with Gasteiger partial charge >= 0.3 is 0 Å². The Morgan fingerprint density at radius 2 is 1.77 bits per heavy atom. The highest BCUT2D eigenvalue weighted by Crippen LogP contribution is 2.24. The van der Waals surface area contributed by atoms with E-state index in [1.54, 1.807) is 23.2 Å². The van der Waals surface area contributed by atoms with Crippen LogP contribution in [0.3, 0.4) is 0 Å². The van der Waals surface area contributed by atoms with Crippen LogP contribution in [0, 0.1) is 0 Å². The van der Waals surface area contributed by atoms with Crippen LogP contribution in [0.1, 0.15) is 34.5 Å². The van der Waals surface area contributed by atoms with Gasteiger partial charge in [-0.1, -0.05) is 0 Å². The van der Waals surface area contributed by atoms with Gasteiger partial charge in [0.1, 0.15) is 0 Å². The molecule has 136 valence electrons. The Morgan fingerprint density at radius 1 is 1.08 bits per heavy atom. The van der Waals surface area contributed by atoms with Crippen LogP contribution in [-0.2, 0) is 23.1 Å². The van der Waals surface area contributed by atoms with Crippen molar-refractivity contribution >= 4 is 21.9 Å². The zero-order valence-electron chi connectivity index (χ0n) is 14.1. The van der Waals surface area contributed by atoms with E-state index in [9.17, 15) is 13.2 Å². The standard InChI is InChI=1S/C17H19N5O3S/c18-17-19-9-13-10-21(11-15(13)20-17)16(23)12-3-5-14(6-4-12)26(24,25)22-7-1-2-8-22/h3-6,9H,1-2,7-8,10-11H2,(H2,18,19,20). The van der Waals surface area contributed by atoms with Crippen LogP contribution in [0.5, 0.6) is 0 Å². The zero-order chi connectivity index (χ0) is 18.3. The summed E-state index contributed by atoms with van der Waals surface area (Å²) in [5.41, 5.74) is 7.65. The molecule has 4 rings (SSSR count). The van der Waals surface area contributed by atoms with Crippen LogP contribution in [0.2, 0.25) is 0 Å². The lowest BCUT2D eigenvalue weighted by Crippen LogP contribution is -2.28. The topological polar surface area (TPSA) is 109 Å². The predicted molar refractivity (Wildman–Crippen MR) is 94.5 cm³/mol. The molecule has 0 bridgehead atoms. The number of nitrogens with two attached hydrogens (primary N) is 1. The smallest absolute Gasteiger partial charge is 0.254 e. The highest BCUT2D eigenvalue weighted by molar-refractivity contribution is 7.89. The molecule has 1 amide bonds. The average Bonchev–Trinajstić information content (AvgIpc) is 3.31. The summed E-state index contributed by atoms with van der Waals surface area (Å²) in [6, 6.07) is 6.13. The Bertz CT molecular complexity index is 953. The maximum Gasteiger partial charge on any atom is 0.254 e. The van der Waals surface area contributed by atoms with E-state index in [1.807, 2.05) is 0 Å². The maximum atomic E-state index is 12.7. The number of aromatic nitrogens is 2. The molecular formula is C17H19N5O3S. The van der Waals surface area contributed by atoms with E-state index >= 15 is 0 Å². The first-order valence-corrected chi connectivity index (χ1v) is 9.89. The van der Waals surface area contributed by atoms with Crippen molar-refractivity contribution in [3.8, 4) is 0 Å². The number of hydrogen-bond acceptors (Lipinski definition) is 6. The van der Waals surface area contributed by atoms with Crippen molar-refractivity contribution in [1.29, 1.82) is 0 Å². The SMILES string of the molecule is Nc1ncc2c(n1)CN(C(=O)c1ccc(S(=O)(=O)N3CCCC3)cc1)C2. The van der Waals surface area contributed by atoms with Gasteiger partial charge < -0.3 is 10.6 Å². The van der Waals surface area contributed by atoms with Gasteiger partial charge in [-0.05, 0) is 37.1 Å². The molecule has 1 aromatic heterocycles. The largest absolute Gasteiger partial charge is 0.368 e. The number of nitrogen functional groups attached to an aromatic ring is 1. The number of amides is 1. The molecule has 0 unspecified atom stereocenters. The fraction of sp³-hybridized carbons (Fsp3) is 0.353. The molecule has 0 aliphatic carbocycles. The van der Waals surface area contributed by atoms with Gasteiger partial charge in [-0.15, -0.1) is 0 Å². The van der Waals surface area contributed by atoms with Crippen LogP contribution >= 0.6 is 0 Å². The van der Waals surface area contributed by atoms with E-state index in [1.165, 1.54) is 16.4 Å². The highest BCUT2D eigenvalue weighted by atomic mass is 32.2. The number of anilines is 1. The maximum absolute atomic E-state index is 12.7. The van der Waals surface area contributed by atoms with Crippen molar-refractivity contribution in [2.24, 2.45) is 0 Å². The van der Waals surface area contributed by atoms with E-state index in [-0.39, 0.29) is 16.8 Å². The average molecular weight is 373 g/mol. The molecule has 1 aromatic carbocycles. The van der Waals surface area contributed by atoms with Crippen LogP contribution in [0.25, 0.3) is 0 Å². The third-order valence-electron chi connectivity index (χ3n) is 4.77. The van der Waals surface area contributed by atoms with Crippen molar-refractivity contribution in [2.75, 3.05) is 18.8 Å². The fourth-order valence-electron chi connectivity index (χ4n) is 3.34. The number of sulfonamides is 1. The summed E-state index contributed by atoms with van der Waals surface area (Å²) < 4.78 is 26.6. The molecule has 2 N–H and O–H groups in total. The summed E-state index contributed by atoms with van der Waals surface area (Å²) in [6.07, 6.45) is 3.41. The predicted octanol–water partition coefficient (Wildman–Crippen LogP) is 0.999. The van der Waals surface area contributed by atoms with E-state index in [0.29, 0.717) is 31.7 Å². The molecule has 2 aliphatic rings. The van der Waals surface area contributed by atoms with E-state index in [0.717, 1.165) is 24.1 Å². The van der Waals surface area contributed by atoms with Crippen LogP contribution in [-0.4, -0.2) is 46.6 Å². The summed E-state index contributed by atoms with van der Waals surface area (Å²) in [4.78, 5) is 22.7. The lowest BCUT2D eigenvalue weighted by atomic mass is 10.2. The Hall–Kier alpha value is -2.52. The Morgan fingerprint density at radius 3 is 2.46 bits per heavy atom. The summed E-state index contributed by atoms with van der Waals surface area (Å²) in [6.45, 7) is 1.90. The zero-order valence-corrected chi connectivity index (χ0v) is 14.9. The third-order valence-corrected chi connectivity index (χ3v) is 6.68. The van der Waals surface area contributed by atoms with Gasteiger partial charge in [-0.2, -0.15) is 4.31 Å². The molecule has 0 radical (unpaired) electrons. The number of fused-ring (bicyclic) bond motifs is 1. The van der Waals surface area contributed by atoms with Crippen molar-refractivity contribution in [3.05, 3.63) is 47.3 Å². The quantitative estimate of drug-likeness (QED) is 0.859. The lowest BCUT2D eigenvalue weighted by Gasteiger charge is -2.17. The van der Waals surface area contributed by atoms with Crippen molar-refractivity contribution in [3.63, 3.8) is 0 Å². The van der Waals surface area contributed by atoms with Gasteiger partial charge in [0.25, 0.3) is 5.91 Å². The molecule has 1 saturated heterocycles. The second-order valence-corrected chi connectivity index (χ2v) is 8.43. The van der Waals surface area contributed by atoms with Crippen LogP contribution in [0.15, 0.2) is 35.4 Å². The van der Waals surface area contributed by atoms with Crippen molar-refractivity contribution in [2.45, 2.75) is 30.8 Å². The number of carbonyl (C=O) groups is 1. The van der Waals surface area contributed by atoms with Crippen LogP contribution < -0.4 is 5.73 Å². The van der Waals surface area contributed by atoms with Gasteiger partial charge in [0.05, 0.1) is 17.1 Å². The first kappa shape index (κ1) is 16.9. The molecular weight excluding hydrogens is 354 g/mol. The van der Waals surface area contributed by atoms with Crippen LogP contribution in [0.4, 0.5) is 5.95 Å². The number of benzene rings is 1. The number of carbonyl (C=O) groups excluding carboxylic acids is 1. The summed E-state index contributed by atoms with van der Waals surface area (Å²) >= 11 is 0. The summed E-state index contributed by atoms with van der Waals surface area (Å²) in [5, 5.41) is 0.